The number of hydrogen-bond donors (Lipinski definition) is 0. The van der Waals surface area contributed by atoms with Crippen LogP contribution in [-0.2, 0) is 16.5 Å². The first kappa shape index (κ1) is 27.5. The van der Waals surface area contributed by atoms with Crippen LogP contribution in [0.25, 0.3) is 0 Å². The van der Waals surface area contributed by atoms with Gasteiger partial charge in [-0.3, -0.25) is 0 Å². The van der Waals surface area contributed by atoms with E-state index in [-0.39, 0.29) is 16.5 Å². The summed E-state index contributed by atoms with van der Waals surface area (Å²) in [6, 6.07) is 0. The molecule has 1 heteroatoms. The van der Waals surface area contributed by atoms with E-state index in [4.69, 9.17) is 12.8 Å². The van der Waals surface area contributed by atoms with Crippen LogP contribution in [-0.4, -0.2) is 0 Å². The van der Waals surface area contributed by atoms with Crippen LogP contribution in [0.5, 0.6) is 0 Å². The van der Waals surface area contributed by atoms with Gasteiger partial charge in [-0.25, -0.2) is 0 Å². The van der Waals surface area contributed by atoms with E-state index in [2.05, 4.69) is 25.7 Å². The molecule has 0 spiro atoms. The summed E-state index contributed by atoms with van der Waals surface area (Å²) in [6.07, 6.45) is 33.7. The van der Waals surface area contributed by atoms with Gasteiger partial charge in [0.1, 0.15) is 0 Å². The Hall–Kier alpha value is -0.386. The van der Waals surface area contributed by atoms with Crippen LogP contribution in [0.3, 0.4) is 0 Å². The van der Waals surface area contributed by atoms with Gasteiger partial charge >= 0.3 is 16.5 Å². The van der Waals surface area contributed by atoms with Crippen molar-refractivity contribution in [3.63, 3.8) is 0 Å². The minimum absolute atomic E-state index is 0. The third-order valence-electron chi connectivity index (χ3n) is 3.81. The summed E-state index contributed by atoms with van der Waals surface area (Å²) in [5.41, 5.74) is 0. The van der Waals surface area contributed by atoms with Gasteiger partial charge in [0, 0.05) is 0 Å². The molecule has 0 unspecified atom stereocenters. The first-order valence-electron chi connectivity index (χ1n) is 9.62. The van der Waals surface area contributed by atoms with Crippen molar-refractivity contribution in [2.24, 2.45) is 0 Å². The molecule has 0 saturated heterocycles. The Kier molecular flexibility index (Phi) is 35.3. The normalized spacial score (nSPS) is 9.04. The first-order valence-corrected chi connectivity index (χ1v) is 9.62. The van der Waals surface area contributed by atoms with E-state index in [0.29, 0.717) is 0 Å². The Morgan fingerprint density at radius 2 is 0.739 bits per heavy atom. The SMILES string of the molecule is [C-]#CCCCCCCCCC.[C-]#CCCCCCCCCC.[Ni+2]. The van der Waals surface area contributed by atoms with Crippen molar-refractivity contribution in [1.29, 1.82) is 0 Å². The van der Waals surface area contributed by atoms with Gasteiger partial charge in [-0.2, -0.15) is 0 Å². The molecular weight excluding hydrogens is 323 g/mol. The molecule has 0 amide bonds. The molecule has 0 aromatic rings. The van der Waals surface area contributed by atoms with Crippen LogP contribution in [0, 0.1) is 24.7 Å². The summed E-state index contributed by atoms with van der Waals surface area (Å²) in [6.45, 7) is 4.48. The number of unbranched alkanes of at least 4 members (excludes halogenated alkanes) is 14. The van der Waals surface area contributed by atoms with Gasteiger partial charge in [0.15, 0.2) is 0 Å². The fraction of sp³-hybridized carbons (Fsp3) is 0.818. The molecule has 0 rings (SSSR count). The van der Waals surface area contributed by atoms with Crippen LogP contribution in [0.15, 0.2) is 0 Å². The minimum atomic E-state index is 0. The molecule has 0 bridgehead atoms. The second-order valence-electron chi connectivity index (χ2n) is 6.10. The average molecular weight is 361 g/mol. The molecule has 136 valence electrons. The summed E-state index contributed by atoms with van der Waals surface area (Å²) < 4.78 is 0. The second-order valence-corrected chi connectivity index (χ2v) is 6.10. The van der Waals surface area contributed by atoms with E-state index >= 15 is 0 Å². The minimum Gasteiger partial charge on any atom is -0.694 e. The third-order valence-corrected chi connectivity index (χ3v) is 3.81. The third kappa shape index (κ3) is 34.1. The summed E-state index contributed by atoms with van der Waals surface area (Å²) in [5.74, 6) is 4.84. The fourth-order valence-corrected chi connectivity index (χ4v) is 2.34. The Morgan fingerprint density at radius 1 is 0.478 bits per heavy atom. The zero-order valence-electron chi connectivity index (χ0n) is 15.6. The van der Waals surface area contributed by atoms with Crippen LogP contribution in [0.4, 0.5) is 0 Å². The predicted molar refractivity (Wildman–Crippen MR) is 99.5 cm³/mol. The van der Waals surface area contributed by atoms with Crippen molar-refractivity contribution in [1.82, 2.24) is 0 Å². The van der Waals surface area contributed by atoms with E-state index in [0.717, 1.165) is 25.7 Å². The van der Waals surface area contributed by atoms with Crippen LogP contribution in [0.1, 0.15) is 117 Å². The summed E-state index contributed by atoms with van der Waals surface area (Å²) >= 11 is 0. The van der Waals surface area contributed by atoms with Gasteiger partial charge in [-0.15, -0.1) is 0 Å². The van der Waals surface area contributed by atoms with Gasteiger partial charge in [0.05, 0.1) is 0 Å². The fourth-order valence-electron chi connectivity index (χ4n) is 2.34. The van der Waals surface area contributed by atoms with Gasteiger partial charge in [-0.05, 0) is 25.7 Å². The molecule has 0 N–H and O–H groups in total. The van der Waals surface area contributed by atoms with Crippen molar-refractivity contribution < 1.29 is 16.5 Å². The average Bonchev–Trinajstić information content (AvgIpc) is 2.54. The molecule has 0 aliphatic carbocycles. The Morgan fingerprint density at radius 3 is 1.00 bits per heavy atom. The Bertz CT molecular complexity index is 228. The number of rotatable bonds is 14. The quantitative estimate of drug-likeness (QED) is 0.131. The standard InChI is InChI=1S/2C11H19.Ni/c2*1-3-5-7-9-11-10-8-6-4-2;/h2*3,5-11H2,1H3;/q2*-1;+2. The maximum atomic E-state index is 6.70. The van der Waals surface area contributed by atoms with Crippen molar-refractivity contribution in [3.8, 4) is 11.8 Å². The molecule has 0 atom stereocenters. The zero-order chi connectivity index (χ0) is 16.7. The van der Waals surface area contributed by atoms with Crippen molar-refractivity contribution >= 4 is 0 Å². The van der Waals surface area contributed by atoms with E-state index in [9.17, 15) is 0 Å². The molecule has 0 aliphatic rings. The molecule has 0 aromatic carbocycles. The van der Waals surface area contributed by atoms with Crippen molar-refractivity contribution in [2.75, 3.05) is 0 Å². The van der Waals surface area contributed by atoms with Gasteiger partial charge in [0.25, 0.3) is 0 Å². The summed E-state index contributed by atoms with van der Waals surface area (Å²) in [4.78, 5) is 0. The van der Waals surface area contributed by atoms with Crippen LogP contribution in [0.2, 0.25) is 0 Å². The molecule has 0 nitrogen and oxygen atoms in total. The molecule has 0 radical (unpaired) electrons. The molecule has 23 heavy (non-hydrogen) atoms. The first-order chi connectivity index (χ1) is 10.8. The molecule has 0 saturated carbocycles. The summed E-state index contributed by atoms with van der Waals surface area (Å²) in [5, 5.41) is 0. The molecule has 0 fully saturated rings. The van der Waals surface area contributed by atoms with Crippen LogP contribution >= 0.6 is 0 Å². The van der Waals surface area contributed by atoms with Crippen LogP contribution < -0.4 is 0 Å². The molecule has 0 heterocycles. The predicted octanol–water partition coefficient (Wildman–Crippen LogP) is 7.43. The van der Waals surface area contributed by atoms with Gasteiger partial charge in [0.2, 0.25) is 0 Å². The van der Waals surface area contributed by atoms with Crippen molar-refractivity contribution in [2.45, 2.75) is 117 Å². The van der Waals surface area contributed by atoms with Gasteiger partial charge in [-0.1, -0.05) is 90.9 Å². The van der Waals surface area contributed by atoms with Gasteiger partial charge < -0.3 is 24.7 Å². The van der Waals surface area contributed by atoms with E-state index in [1.165, 1.54) is 77.0 Å². The maximum absolute atomic E-state index is 6.70. The largest absolute Gasteiger partial charge is 2.00 e. The zero-order valence-corrected chi connectivity index (χ0v) is 16.6. The molecule has 0 aliphatic heterocycles. The van der Waals surface area contributed by atoms with E-state index in [1.54, 1.807) is 0 Å². The summed E-state index contributed by atoms with van der Waals surface area (Å²) in [7, 11) is 0. The Balaban J connectivity index is -0.000000333. The second kappa shape index (κ2) is 29.6. The maximum Gasteiger partial charge on any atom is 2.00 e. The topological polar surface area (TPSA) is 0 Å². The smallest absolute Gasteiger partial charge is 0.694 e. The van der Waals surface area contributed by atoms with Crippen molar-refractivity contribution in [3.05, 3.63) is 12.8 Å². The molecule has 0 aromatic heterocycles. The monoisotopic (exact) mass is 360 g/mol. The Labute approximate surface area is 157 Å². The van der Waals surface area contributed by atoms with E-state index < -0.39 is 0 Å². The van der Waals surface area contributed by atoms with E-state index in [1.807, 2.05) is 0 Å². The number of hydrogen-bond acceptors (Lipinski definition) is 0. The molecular formula is C22H38Ni.